The van der Waals surface area contributed by atoms with E-state index in [1.165, 1.54) is 0 Å². The van der Waals surface area contributed by atoms with Crippen molar-refractivity contribution in [3.05, 3.63) is 72.3 Å². The Balaban J connectivity index is 1.66. The minimum atomic E-state index is -0.105. The van der Waals surface area contributed by atoms with Gasteiger partial charge in [0.2, 0.25) is 0 Å². The minimum absolute atomic E-state index is 0.105. The van der Waals surface area contributed by atoms with Crippen LogP contribution in [0.4, 0.5) is 5.69 Å². The summed E-state index contributed by atoms with van der Waals surface area (Å²) in [6, 6.07) is 15.6. The van der Waals surface area contributed by atoms with E-state index in [-0.39, 0.29) is 11.8 Å². The van der Waals surface area contributed by atoms with E-state index < -0.39 is 0 Å². The van der Waals surface area contributed by atoms with Crippen LogP contribution >= 0.6 is 0 Å². The van der Waals surface area contributed by atoms with Gasteiger partial charge in [0.1, 0.15) is 17.8 Å². The molecule has 1 aliphatic rings. The molecule has 138 valence electrons. The number of aromatic nitrogens is 2. The maximum Gasteiger partial charge on any atom is 0.278 e. The number of ether oxygens (including phenoxy) is 1. The third-order valence-electron chi connectivity index (χ3n) is 5.06. The van der Waals surface area contributed by atoms with Crippen LogP contribution in [0.25, 0.3) is 5.69 Å². The molecule has 6 heteroatoms. The van der Waals surface area contributed by atoms with E-state index in [2.05, 4.69) is 11.1 Å². The van der Waals surface area contributed by atoms with Gasteiger partial charge in [0.15, 0.2) is 0 Å². The predicted molar refractivity (Wildman–Crippen MR) is 105 cm³/mol. The van der Waals surface area contributed by atoms with Crippen LogP contribution in [0, 0.1) is 0 Å². The summed E-state index contributed by atoms with van der Waals surface area (Å²) in [5.41, 5.74) is 9.22. The van der Waals surface area contributed by atoms with Crippen molar-refractivity contribution < 1.29 is 9.53 Å². The van der Waals surface area contributed by atoms with Crippen LogP contribution in [0.2, 0.25) is 0 Å². The summed E-state index contributed by atoms with van der Waals surface area (Å²) in [6.45, 7) is 1.22. The summed E-state index contributed by atoms with van der Waals surface area (Å²) in [5.74, 6) is 0.908. The molecular weight excluding hydrogens is 340 g/mol. The highest BCUT2D eigenvalue weighted by Crippen LogP contribution is 2.35. The fraction of sp³-hybridized carbons (Fsp3) is 0.238. The maximum atomic E-state index is 13.1. The lowest BCUT2D eigenvalue weighted by Gasteiger charge is -2.33. The zero-order chi connectivity index (χ0) is 18.8. The number of nitrogens with zero attached hydrogens (tertiary/aromatic N) is 3. The van der Waals surface area contributed by atoms with Crippen LogP contribution in [0.1, 0.15) is 28.4 Å². The van der Waals surface area contributed by atoms with Crippen molar-refractivity contribution in [1.29, 1.82) is 0 Å². The van der Waals surface area contributed by atoms with Crippen molar-refractivity contribution in [2.75, 3.05) is 25.1 Å². The molecule has 2 aromatic carbocycles. The number of anilines is 1. The number of amides is 1. The second kappa shape index (κ2) is 7.25. The van der Waals surface area contributed by atoms with E-state index in [4.69, 9.17) is 10.5 Å². The standard InChI is InChI=1S/C21H22N4O2/c1-27-20-9-5-4-8-19(20)24-13-17(23-14-24)21(26)25-11-10-15(12-22)16-6-2-3-7-18(16)25/h2-9,13-15H,10-12,22H2,1H3. The van der Waals surface area contributed by atoms with Gasteiger partial charge in [0.05, 0.1) is 12.8 Å². The Labute approximate surface area is 158 Å². The van der Waals surface area contributed by atoms with Crippen LogP contribution < -0.4 is 15.4 Å². The third-order valence-corrected chi connectivity index (χ3v) is 5.06. The second-order valence-electron chi connectivity index (χ2n) is 6.57. The Morgan fingerprint density at radius 2 is 1.93 bits per heavy atom. The monoisotopic (exact) mass is 362 g/mol. The van der Waals surface area contributed by atoms with E-state index in [0.29, 0.717) is 18.8 Å². The van der Waals surface area contributed by atoms with Crippen LogP contribution in [0.5, 0.6) is 5.75 Å². The average Bonchev–Trinajstić information content (AvgIpc) is 3.22. The topological polar surface area (TPSA) is 73.4 Å². The Morgan fingerprint density at radius 1 is 1.19 bits per heavy atom. The Morgan fingerprint density at radius 3 is 2.70 bits per heavy atom. The molecule has 0 saturated heterocycles. The van der Waals surface area contributed by atoms with Gasteiger partial charge in [-0.15, -0.1) is 0 Å². The molecule has 0 aliphatic carbocycles. The lowest BCUT2D eigenvalue weighted by atomic mass is 9.90. The first-order valence-electron chi connectivity index (χ1n) is 9.01. The zero-order valence-electron chi connectivity index (χ0n) is 15.2. The number of benzene rings is 2. The molecule has 3 aromatic rings. The van der Waals surface area contributed by atoms with Crippen LogP contribution in [0.15, 0.2) is 61.1 Å². The van der Waals surface area contributed by atoms with Gasteiger partial charge in [-0.3, -0.25) is 4.79 Å². The van der Waals surface area contributed by atoms with Crippen LogP contribution in [0.3, 0.4) is 0 Å². The van der Waals surface area contributed by atoms with Crippen molar-refractivity contribution in [2.24, 2.45) is 5.73 Å². The number of imidazole rings is 1. The van der Waals surface area contributed by atoms with E-state index in [1.54, 1.807) is 24.5 Å². The fourth-order valence-corrected chi connectivity index (χ4v) is 3.64. The first-order valence-corrected chi connectivity index (χ1v) is 9.01. The smallest absolute Gasteiger partial charge is 0.278 e. The molecule has 0 radical (unpaired) electrons. The van der Waals surface area contributed by atoms with Crippen molar-refractivity contribution >= 4 is 11.6 Å². The van der Waals surface area contributed by atoms with Crippen molar-refractivity contribution in [3.8, 4) is 11.4 Å². The summed E-state index contributed by atoms with van der Waals surface area (Å²) in [4.78, 5) is 19.3. The lowest BCUT2D eigenvalue weighted by molar-refractivity contribution is 0.0980. The van der Waals surface area contributed by atoms with Crippen molar-refractivity contribution in [3.63, 3.8) is 0 Å². The molecule has 6 nitrogen and oxygen atoms in total. The molecule has 0 fully saturated rings. The van der Waals surface area contributed by atoms with Gasteiger partial charge in [-0.05, 0) is 42.6 Å². The molecule has 0 spiro atoms. The van der Waals surface area contributed by atoms with Gasteiger partial charge in [0, 0.05) is 18.4 Å². The van der Waals surface area contributed by atoms with Gasteiger partial charge < -0.3 is 19.9 Å². The first kappa shape index (κ1) is 17.3. The molecule has 1 unspecified atom stereocenters. The van der Waals surface area contributed by atoms with Crippen molar-refractivity contribution in [1.82, 2.24) is 9.55 Å². The SMILES string of the molecule is COc1ccccc1-n1cnc(C(=O)N2CCC(CN)c3ccccc32)c1. The summed E-state index contributed by atoms with van der Waals surface area (Å²) in [7, 11) is 1.63. The third kappa shape index (κ3) is 3.08. The van der Waals surface area contributed by atoms with Gasteiger partial charge in [0.25, 0.3) is 5.91 Å². The number of hydrogen-bond acceptors (Lipinski definition) is 4. The molecule has 0 saturated carbocycles. The Bertz CT molecular complexity index is 966. The molecule has 2 heterocycles. The summed E-state index contributed by atoms with van der Waals surface area (Å²) in [5, 5.41) is 0. The van der Waals surface area contributed by atoms with Gasteiger partial charge in [-0.25, -0.2) is 4.98 Å². The van der Waals surface area contributed by atoms with Crippen LogP contribution in [-0.4, -0.2) is 35.7 Å². The Hall–Kier alpha value is -3.12. The maximum absolute atomic E-state index is 13.1. The van der Waals surface area contributed by atoms with E-state index in [0.717, 1.165) is 29.1 Å². The summed E-state index contributed by atoms with van der Waals surface area (Å²) >= 11 is 0. The molecule has 1 aliphatic heterocycles. The fourth-order valence-electron chi connectivity index (χ4n) is 3.64. The average molecular weight is 362 g/mol. The number of hydrogen-bond donors (Lipinski definition) is 1. The van der Waals surface area contributed by atoms with E-state index in [1.807, 2.05) is 47.0 Å². The van der Waals surface area contributed by atoms with Crippen LogP contribution in [-0.2, 0) is 0 Å². The van der Waals surface area contributed by atoms with Crippen molar-refractivity contribution in [2.45, 2.75) is 12.3 Å². The number of carbonyl (C=O) groups is 1. The largest absolute Gasteiger partial charge is 0.495 e. The summed E-state index contributed by atoms with van der Waals surface area (Å²) < 4.78 is 7.21. The Kier molecular flexibility index (Phi) is 4.64. The van der Waals surface area contributed by atoms with E-state index in [9.17, 15) is 4.79 Å². The first-order chi connectivity index (χ1) is 13.2. The number of rotatable bonds is 4. The minimum Gasteiger partial charge on any atom is -0.495 e. The highest BCUT2D eigenvalue weighted by atomic mass is 16.5. The molecule has 0 bridgehead atoms. The highest BCUT2D eigenvalue weighted by molar-refractivity contribution is 6.05. The summed E-state index contributed by atoms with van der Waals surface area (Å²) in [6.07, 6.45) is 4.24. The van der Waals surface area contributed by atoms with E-state index >= 15 is 0 Å². The molecule has 1 aromatic heterocycles. The zero-order valence-corrected chi connectivity index (χ0v) is 15.2. The second-order valence-corrected chi connectivity index (χ2v) is 6.57. The molecule has 4 rings (SSSR count). The molecule has 1 atom stereocenters. The number of fused-ring (bicyclic) bond motifs is 1. The lowest BCUT2D eigenvalue weighted by Crippen LogP contribution is -2.38. The molecule has 27 heavy (non-hydrogen) atoms. The molecule has 2 N–H and O–H groups in total. The highest BCUT2D eigenvalue weighted by Gasteiger charge is 2.29. The molecular formula is C21H22N4O2. The van der Waals surface area contributed by atoms with Gasteiger partial charge in [-0.2, -0.15) is 0 Å². The van der Waals surface area contributed by atoms with Gasteiger partial charge in [-0.1, -0.05) is 30.3 Å². The van der Waals surface area contributed by atoms with Gasteiger partial charge >= 0.3 is 0 Å². The predicted octanol–water partition coefficient (Wildman–Crippen LogP) is 2.97. The number of carbonyl (C=O) groups excluding carboxylic acids is 1. The molecule has 1 amide bonds. The normalized spacial score (nSPS) is 16.1. The number of para-hydroxylation sites is 3. The number of nitrogens with two attached hydrogens (primary N) is 1. The number of methoxy groups -OCH3 is 1. The quantitative estimate of drug-likeness (QED) is 0.774.